The Morgan fingerprint density at radius 3 is 2.29 bits per heavy atom. The Balaban J connectivity index is 1.98. The predicted molar refractivity (Wildman–Crippen MR) is 94.0 cm³/mol. The summed E-state index contributed by atoms with van der Waals surface area (Å²) < 4.78 is 17.2. The van der Waals surface area contributed by atoms with Crippen LogP contribution in [0.15, 0.2) is 30.3 Å². The fourth-order valence-corrected chi connectivity index (χ4v) is 2.41. The summed E-state index contributed by atoms with van der Waals surface area (Å²) in [5, 5.41) is 8.97. The number of nitriles is 1. The highest BCUT2D eigenvalue weighted by Crippen LogP contribution is 2.29. The molecular weight excluding hydrogens is 302 g/mol. The van der Waals surface area contributed by atoms with Crippen molar-refractivity contribution in [2.45, 2.75) is 27.7 Å². The van der Waals surface area contributed by atoms with E-state index in [-0.39, 0.29) is 0 Å². The lowest BCUT2D eigenvalue weighted by Crippen LogP contribution is -2.11. The summed E-state index contributed by atoms with van der Waals surface area (Å²) in [7, 11) is 0. The first-order valence-corrected chi connectivity index (χ1v) is 8.06. The number of hydrogen-bond donors (Lipinski definition) is 0. The first kappa shape index (κ1) is 17.7. The Bertz CT molecular complexity index is 747. The molecule has 0 aliphatic carbocycles. The molecule has 0 aromatic heterocycles. The lowest BCUT2D eigenvalue weighted by molar-refractivity contribution is 0.207. The molecule has 4 nitrogen and oxygen atoms in total. The zero-order chi connectivity index (χ0) is 17.5. The number of nitrogens with zero attached hydrogens (tertiary/aromatic N) is 1. The summed E-state index contributed by atoms with van der Waals surface area (Å²) in [5.74, 6) is 2.13. The molecule has 0 aliphatic rings. The topological polar surface area (TPSA) is 51.5 Å². The van der Waals surface area contributed by atoms with Crippen molar-refractivity contribution in [3.63, 3.8) is 0 Å². The van der Waals surface area contributed by atoms with E-state index in [1.165, 1.54) is 5.56 Å². The van der Waals surface area contributed by atoms with E-state index >= 15 is 0 Å². The maximum Gasteiger partial charge on any atom is 0.162 e. The number of benzene rings is 2. The van der Waals surface area contributed by atoms with Crippen molar-refractivity contribution in [2.75, 3.05) is 19.8 Å². The number of aryl methyl sites for hydroxylation is 2. The normalized spacial score (nSPS) is 10.1. The van der Waals surface area contributed by atoms with E-state index in [2.05, 4.69) is 32.0 Å². The highest BCUT2D eigenvalue weighted by Gasteiger charge is 2.08. The summed E-state index contributed by atoms with van der Waals surface area (Å²) in [4.78, 5) is 0. The average Bonchev–Trinajstić information content (AvgIpc) is 2.59. The van der Waals surface area contributed by atoms with Crippen molar-refractivity contribution in [3.05, 3.63) is 52.6 Å². The first-order valence-electron chi connectivity index (χ1n) is 8.06. The maximum absolute atomic E-state index is 8.97. The SMILES string of the molecule is CCOc1cc(C#N)ccc1OCCOc1c(C)ccc(C)c1C. The molecule has 24 heavy (non-hydrogen) atoms. The number of rotatable bonds is 7. The molecule has 2 aromatic carbocycles. The van der Waals surface area contributed by atoms with E-state index in [0.717, 1.165) is 16.9 Å². The third-order valence-corrected chi connectivity index (χ3v) is 3.83. The Labute approximate surface area is 143 Å². The van der Waals surface area contributed by atoms with Gasteiger partial charge in [0, 0.05) is 6.07 Å². The van der Waals surface area contributed by atoms with Crippen LogP contribution >= 0.6 is 0 Å². The molecule has 0 fully saturated rings. The molecule has 0 spiro atoms. The Morgan fingerprint density at radius 2 is 1.58 bits per heavy atom. The van der Waals surface area contributed by atoms with Crippen LogP contribution in [0.4, 0.5) is 0 Å². The lowest BCUT2D eigenvalue weighted by Gasteiger charge is -2.15. The van der Waals surface area contributed by atoms with E-state index in [1.54, 1.807) is 18.2 Å². The van der Waals surface area contributed by atoms with Gasteiger partial charge in [-0.05, 0) is 56.5 Å². The highest BCUT2D eigenvalue weighted by molar-refractivity contribution is 5.47. The van der Waals surface area contributed by atoms with Crippen molar-refractivity contribution in [1.29, 1.82) is 5.26 Å². The van der Waals surface area contributed by atoms with E-state index in [9.17, 15) is 0 Å². The molecule has 4 heteroatoms. The summed E-state index contributed by atoms with van der Waals surface area (Å²) >= 11 is 0. The molecule has 126 valence electrons. The fourth-order valence-electron chi connectivity index (χ4n) is 2.41. The molecular formula is C20H23NO3. The molecule has 0 N–H and O–H groups in total. The van der Waals surface area contributed by atoms with Gasteiger partial charge >= 0.3 is 0 Å². The highest BCUT2D eigenvalue weighted by atomic mass is 16.5. The average molecular weight is 325 g/mol. The molecule has 0 amide bonds. The third kappa shape index (κ3) is 4.20. The van der Waals surface area contributed by atoms with Crippen molar-refractivity contribution in [2.24, 2.45) is 0 Å². The van der Waals surface area contributed by atoms with Gasteiger partial charge in [0.2, 0.25) is 0 Å². The van der Waals surface area contributed by atoms with Gasteiger partial charge in [0.25, 0.3) is 0 Å². The van der Waals surface area contributed by atoms with Crippen molar-refractivity contribution < 1.29 is 14.2 Å². The molecule has 2 rings (SSSR count). The number of ether oxygens (including phenoxy) is 3. The first-order chi connectivity index (χ1) is 11.6. The van der Waals surface area contributed by atoms with E-state index < -0.39 is 0 Å². The number of hydrogen-bond acceptors (Lipinski definition) is 4. The van der Waals surface area contributed by atoms with E-state index in [1.807, 2.05) is 13.8 Å². The van der Waals surface area contributed by atoms with Gasteiger partial charge in [-0.2, -0.15) is 5.26 Å². The van der Waals surface area contributed by atoms with E-state index in [4.69, 9.17) is 19.5 Å². The van der Waals surface area contributed by atoms with Crippen LogP contribution in [0, 0.1) is 32.1 Å². The molecule has 0 saturated carbocycles. The van der Waals surface area contributed by atoms with Crippen LogP contribution < -0.4 is 14.2 Å². The smallest absolute Gasteiger partial charge is 0.162 e. The second-order valence-corrected chi connectivity index (χ2v) is 5.56. The Hall–Kier alpha value is -2.67. The minimum atomic E-state index is 0.402. The van der Waals surface area contributed by atoms with Crippen molar-refractivity contribution in [3.8, 4) is 23.3 Å². The second-order valence-electron chi connectivity index (χ2n) is 5.56. The quantitative estimate of drug-likeness (QED) is 0.711. The van der Waals surface area contributed by atoms with Gasteiger partial charge in [0.05, 0.1) is 18.2 Å². The standard InChI is InChI=1S/C20H23NO3/c1-5-22-19-12-17(13-21)8-9-18(19)23-10-11-24-20-15(3)7-6-14(2)16(20)4/h6-9,12H,5,10-11H2,1-4H3. The van der Waals surface area contributed by atoms with Crippen LogP contribution in [0.3, 0.4) is 0 Å². The summed E-state index contributed by atoms with van der Waals surface area (Å²) in [5.41, 5.74) is 4.03. The Kier molecular flexibility index (Phi) is 6.08. The second kappa shape index (κ2) is 8.26. The molecule has 0 saturated heterocycles. The van der Waals surface area contributed by atoms with Crippen molar-refractivity contribution in [1.82, 2.24) is 0 Å². The third-order valence-electron chi connectivity index (χ3n) is 3.83. The Morgan fingerprint density at radius 1 is 0.875 bits per heavy atom. The molecule has 0 radical (unpaired) electrons. The van der Waals surface area contributed by atoms with Gasteiger partial charge in [-0.1, -0.05) is 12.1 Å². The summed E-state index contributed by atoms with van der Waals surface area (Å²) in [6, 6.07) is 11.4. The van der Waals surface area contributed by atoms with Crippen LogP contribution in [0.2, 0.25) is 0 Å². The molecule has 0 aliphatic heterocycles. The van der Waals surface area contributed by atoms with Crippen LogP contribution in [0.1, 0.15) is 29.2 Å². The van der Waals surface area contributed by atoms with Gasteiger partial charge < -0.3 is 14.2 Å². The maximum atomic E-state index is 8.97. The summed E-state index contributed by atoms with van der Waals surface area (Å²) in [6.45, 7) is 9.43. The zero-order valence-electron chi connectivity index (χ0n) is 14.7. The molecule has 0 unspecified atom stereocenters. The van der Waals surface area contributed by atoms with E-state index in [0.29, 0.717) is 36.9 Å². The minimum absolute atomic E-state index is 0.402. The van der Waals surface area contributed by atoms with Crippen molar-refractivity contribution >= 4 is 0 Å². The largest absolute Gasteiger partial charge is 0.490 e. The van der Waals surface area contributed by atoms with Gasteiger partial charge in [-0.25, -0.2) is 0 Å². The summed E-state index contributed by atoms with van der Waals surface area (Å²) in [6.07, 6.45) is 0. The molecule has 0 atom stereocenters. The zero-order valence-corrected chi connectivity index (χ0v) is 14.7. The van der Waals surface area contributed by atoms with Gasteiger partial charge in [0.15, 0.2) is 11.5 Å². The predicted octanol–water partition coefficient (Wildman–Crippen LogP) is 4.34. The monoisotopic (exact) mass is 325 g/mol. The van der Waals surface area contributed by atoms with Crippen LogP contribution in [-0.2, 0) is 0 Å². The lowest BCUT2D eigenvalue weighted by atomic mass is 10.1. The fraction of sp³-hybridized carbons (Fsp3) is 0.350. The van der Waals surface area contributed by atoms with Crippen LogP contribution in [-0.4, -0.2) is 19.8 Å². The van der Waals surface area contributed by atoms with Crippen LogP contribution in [0.25, 0.3) is 0 Å². The minimum Gasteiger partial charge on any atom is -0.490 e. The van der Waals surface area contributed by atoms with Gasteiger partial charge in [0.1, 0.15) is 19.0 Å². The van der Waals surface area contributed by atoms with Gasteiger partial charge in [-0.3, -0.25) is 0 Å². The van der Waals surface area contributed by atoms with Gasteiger partial charge in [-0.15, -0.1) is 0 Å². The molecule has 0 bridgehead atoms. The molecule has 2 aromatic rings. The molecule has 0 heterocycles. The van der Waals surface area contributed by atoms with Crippen LogP contribution in [0.5, 0.6) is 17.2 Å².